The quantitative estimate of drug-likeness (QED) is 0.425. The van der Waals surface area contributed by atoms with Crippen molar-refractivity contribution in [3.8, 4) is 5.75 Å². The summed E-state index contributed by atoms with van der Waals surface area (Å²) in [7, 11) is 3.12. The number of benzene rings is 3. The van der Waals surface area contributed by atoms with Crippen molar-refractivity contribution >= 4 is 22.8 Å². The Morgan fingerprint density at radius 2 is 1.66 bits per heavy atom. The maximum atomic E-state index is 13.2. The van der Waals surface area contributed by atoms with Crippen LogP contribution in [0.4, 0.5) is 0 Å². The Bertz CT molecular complexity index is 1550. The molecule has 0 fully saturated rings. The standard InChI is InChI=1S/C26H23N3O6/c1-28-22-11-10-19(23(30)27-14-17-4-3-5-20(12-17)35-2)13-21(22)24(31)29(26(28)34)15-16-6-8-18(9-7-16)25(32)33/h3-13H,14-15H2,1-2H3,(H,27,30)(H,32,33). The van der Waals surface area contributed by atoms with Crippen LogP contribution >= 0.6 is 0 Å². The number of carboxylic acid groups (broad SMARTS) is 1. The minimum absolute atomic E-state index is 0.0341. The number of aromatic nitrogens is 2. The Morgan fingerprint density at radius 3 is 2.34 bits per heavy atom. The summed E-state index contributed by atoms with van der Waals surface area (Å²) in [6.45, 7) is 0.242. The van der Waals surface area contributed by atoms with Crippen LogP contribution in [0.25, 0.3) is 10.9 Å². The lowest BCUT2D eigenvalue weighted by Gasteiger charge is -2.12. The SMILES string of the molecule is COc1cccc(CNC(=O)c2ccc3c(c2)c(=O)n(Cc2ccc(C(=O)O)cc2)c(=O)n3C)c1. The Kier molecular flexibility index (Phi) is 6.50. The number of carbonyl (C=O) groups excluding carboxylic acids is 1. The van der Waals surface area contributed by atoms with E-state index in [0.717, 1.165) is 10.1 Å². The molecule has 9 nitrogen and oxygen atoms in total. The van der Waals surface area contributed by atoms with E-state index in [-0.39, 0.29) is 35.5 Å². The van der Waals surface area contributed by atoms with Crippen LogP contribution in [0.15, 0.2) is 76.3 Å². The average Bonchev–Trinajstić information content (AvgIpc) is 2.88. The smallest absolute Gasteiger partial charge is 0.335 e. The third-order valence-corrected chi connectivity index (χ3v) is 5.74. The number of amides is 1. The van der Waals surface area contributed by atoms with Gasteiger partial charge in [-0.2, -0.15) is 0 Å². The number of ether oxygens (including phenoxy) is 1. The zero-order valence-corrected chi connectivity index (χ0v) is 19.1. The summed E-state index contributed by atoms with van der Waals surface area (Å²) in [5.41, 5.74) is 1.21. The predicted molar refractivity (Wildman–Crippen MR) is 130 cm³/mol. The number of aryl methyl sites for hydroxylation is 1. The Morgan fingerprint density at radius 1 is 0.943 bits per heavy atom. The number of hydrogen-bond acceptors (Lipinski definition) is 5. The molecule has 178 valence electrons. The normalized spacial score (nSPS) is 10.8. The van der Waals surface area contributed by atoms with Crippen LogP contribution in [-0.4, -0.2) is 33.2 Å². The summed E-state index contributed by atoms with van der Waals surface area (Å²) in [5, 5.41) is 12.1. The molecular weight excluding hydrogens is 450 g/mol. The monoisotopic (exact) mass is 473 g/mol. The Balaban J connectivity index is 1.64. The van der Waals surface area contributed by atoms with E-state index in [1.54, 1.807) is 38.4 Å². The number of rotatable bonds is 7. The van der Waals surface area contributed by atoms with Gasteiger partial charge in [0.2, 0.25) is 0 Å². The van der Waals surface area contributed by atoms with Gasteiger partial charge in [-0.15, -0.1) is 0 Å². The number of carbonyl (C=O) groups is 2. The third kappa shape index (κ3) is 4.84. The van der Waals surface area contributed by atoms with Crippen LogP contribution < -0.4 is 21.3 Å². The summed E-state index contributed by atoms with van der Waals surface area (Å²) in [6, 6.07) is 17.9. The molecule has 0 saturated carbocycles. The predicted octanol–water partition coefficient (Wildman–Crippen LogP) is 2.39. The van der Waals surface area contributed by atoms with Crippen LogP contribution in [0.5, 0.6) is 5.75 Å². The van der Waals surface area contributed by atoms with Crippen molar-refractivity contribution in [1.29, 1.82) is 0 Å². The Labute approximate surface area is 199 Å². The number of aromatic carboxylic acids is 1. The highest BCUT2D eigenvalue weighted by atomic mass is 16.5. The topological polar surface area (TPSA) is 120 Å². The number of methoxy groups -OCH3 is 1. The second-order valence-corrected chi connectivity index (χ2v) is 8.00. The largest absolute Gasteiger partial charge is 0.497 e. The van der Waals surface area contributed by atoms with E-state index in [4.69, 9.17) is 9.84 Å². The van der Waals surface area contributed by atoms with Gasteiger partial charge in [-0.1, -0.05) is 24.3 Å². The molecule has 0 atom stereocenters. The van der Waals surface area contributed by atoms with Crippen molar-refractivity contribution < 1.29 is 19.4 Å². The zero-order chi connectivity index (χ0) is 25.1. The lowest BCUT2D eigenvalue weighted by atomic mass is 10.1. The van der Waals surface area contributed by atoms with E-state index in [1.807, 2.05) is 24.3 Å². The average molecular weight is 473 g/mol. The van der Waals surface area contributed by atoms with E-state index in [1.165, 1.54) is 22.8 Å². The van der Waals surface area contributed by atoms with Gasteiger partial charge in [-0.3, -0.25) is 18.7 Å². The van der Waals surface area contributed by atoms with Crippen LogP contribution in [0, 0.1) is 0 Å². The van der Waals surface area contributed by atoms with E-state index >= 15 is 0 Å². The van der Waals surface area contributed by atoms with E-state index in [0.29, 0.717) is 16.8 Å². The first-order valence-corrected chi connectivity index (χ1v) is 10.8. The van der Waals surface area contributed by atoms with Crippen LogP contribution in [0.2, 0.25) is 0 Å². The molecule has 4 rings (SSSR count). The zero-order valence-electron chi connectivity index (χ0n) is 19.1. The van der Waals surface area contributed by atoms with Crippen molar-refractivity contribution in [2.45, 2.75) is 13.1 Å². The van der Waals surface area contributed by atoms with Gasteiger partial charge in [0, 0.05) is 19.2 Å². The molecule has 2 N–H and O–H groups in total. The van der Waals surface area contributed by atoms with Crippen molar-refractivity contribution in [2.75, 3.05) is 7.11 Å². The summed E-state index contributed by atoms with van der Waals surface area (Å²) in [6.07, 6.45) is 0. The molecular formula is C26H23N3O6. The first-order chi connectivity index (χ1) is 16.8. The molecule has 0 unspecified atom stereocenters. The van der Waals surface area contributed by atoms with Crippen molar-refractivity contribution in [3.63, 3.8) is 0 Å². The fourth-order valence-electron chi connectivity index (χ4n) is 3.80. The minimum atomic E-state index is -1.06. The lowest BCUT2D eigenvalue weighted by molar-refractivity contribution is 0.0696. The van der Waals surface area contributed by atoms with E-state index in [9.17, 15) is 19.2 Å². The maximum Gasteiger partial charge on any atom is 0.335 e. The van der Waals surface area contributed by atoms with E-state index < -0.39 is 17.2 Å². The summed E-state index contributed by atoms with van der Waals surface area (Å²) in [5.74, 6) is -0.743. The van der Waals surface area contributed by atoms with Gasteiger partial charge in [0.1, 0.15) is 5.75 Å². The third-order valence-electron chi connectivity index (χ3n) is 5.74. The van der Waals surface area contributed by atoms with Gasteiger partial charge < -0.3 is 15.2 Å². The molecule has 0 aliphatic heterocycles. The summed E-state index contributed by atoms with van der Waals surface area (Å²) >= 11 is 0. The van der Waals surface area contributed by atoms with Gasteiger partial charge in [0.25, 0.3) is 11.5 Å². The van der Waals surface area contributed by atoms with Crippen molar-refractivity contribution in [1.82, 2.24) is 14.5 Å². The van der Waals surface area contributed by atoms with Gasteiger partial charge in [-0.25, -0.2) is 9.59 Å². The molecule has 0 radical (unpaired) electrons. The van der Waals surface area contributed by atoms with Crippen LogP contribution in [-0.2, 0) is 20.1 Å². The molecule has 0 saturated heterocycles. The lowest BCUT2D eigenvalue weighted by Crippen LogP contribution is -2.39. The van der Waals surface area contributed by atoms with Gasteiger partial charge >= 0.3 is 11.7 Å². The van der Waals surface area contributed by atoms with Crippen LogP contribution in [0.1, 0.15) is 31.8 Å². The molecule has 0 spiro atoms. The molecule has 1 aromatic heterocycles. The van der Waals surface area contributed by atoms with Gasteiger partial charge in [-0.05, 0) is 53.6 Å². The first kappa shape index (κ1) is 23.5. The highest BCUT2D eigenvalue weighted by Crippen LogP contribution is 2.14. The number of nitrogens with zero attached hydrogens (tertiary/aromatic N) is 2. The molecule has 0 aliphatic rings. The van der Waals surface area contributed by atoms with Gasteiger partial charge in [0.15, 0.2) is 0 Å². The number of hydrogen-bond donors (Lipinski definition) is 2. The van der Waals surface area contributed by atoms with Crippen molar-refractivity contribution in [2.24, 2.45) is 7.05 Å². The first-order valence-electron chi connectivity index (χ1n) is 10.8. The molecule has 9 heteroatoms. The summed E-state index contributed by atoms with van der Waals surface area (Å²) < 4.78 is 7.61. The van der Waals surface area contributed by atoms with Gasteiger partial charge in [0.05, 0.1) is 30.1 Å². The number of fused-ring (bicyclic) bond motifs is 1. The molecule has 3 aromatic carbocycles. The molecule has 35 heavy (non-hydrogen) atoms. The second kappa shape index (κ2) is 9.68. The molecule has 0 bridgehead atoms. The number of nitrogens with one attached hydrogen (secondary N) is 1. The second-order valence-electron chi connectivity index (χ2n) is 8.00. The van der Waals surface area contributed by atoms with E-state index in [2.05, 4.69) is 5.32 Å². The molecule has 1 amide bonds. The minimum Gasteiger partial charge on any atom is -0.497 e. The highest BCUT2D eigenvalue weighted by Gasteiger charge is 2.15. The Hall–Kier alpha value is -4.66. The maximum absolute atomic E-state index is 13.2. The molecule has 1 heterocycles. The fourth-order valence-corrected chi connectivity index (χ4v) is 3.80. The highest BCUT2D eigenvalue weighted by molar-refractivity contribution is 5.97. The fraction of sp³-hybridized carbons (Fsp3) is 0.154. The molecule has 0 aliphatic carbocycles. The molecule has 4 aromatic rings. The summed E-state index contributed by atoms with van der Waals surface area (Å²) in [4.78, 5) is 49.9. The van der Waals surface area contributed by atoms with Crippen LogP contribution in [0.3, 0.4) is 0 Å². The number of carboxylic acids is 1. The van der Waals surface area contributed by atoms with Crippen molar-refractivity contribution in [3.05, 3.63) is 110 Å².